The van der Waals surface area contributed by atoms with E-state index in [1.54, 1.807) is 0 Å². The Morgan fingerprint density at radius 2 is 2.29 bits per heavy atom. The molecule has 2 heterocycles. The number of rotatable bonds is 1. The summed E-state index contributed by atoms with van der Waals surface area (Å²) in [6.07, 6.45) is 3.31. The van der Waals surface area contributed by atoms with Crippen molar-refractivity contribution in [1.82, 2.24) is 10.2 Å². The van der Waals surface area contributed by atoms with Gasteiger partial charge in [-0.2, -0.15) is 0 Å². The molecule has 1 unspecified atom stereocenters. The van der Waals surface area contributed by atoms with Gasteiger partial charge in [-0.15, -0.1) is 12.4 Å². The van der Waals surface area contributed by atoms with Gasteiger partial charge in [0.2, 0.25) is 5.91 Å². The van der Waals surface area contributed by atoms with Crippen molar-refractivity contribution in [2.45, 2.75) is 26.2 Å². The maximum absolute atomic E-state index is 12.0. The van der Waals surface area contributed by atoms with Gasteiger partial charge in [-0.25, -0.2) is 0 Å². The van der Waals surface area contributed by atoms with Crippen LogP contribution in [0.3, 0.4) is 0 Å². The maximum atomic E-state index is 12.0. The molecule has 2 aliphatic rings. The Labute approximate surface area is 91.6 Å². The Bertz CT molecular complexity index is 214. The van der Waals surface area contributed by atoms with Crippen molar-refractivity contribution in [2.24, 2.45) is 5.41 Å². The Kier molecular flexibility index (Phi) is 3.78. The molecule has 0 radical (unpaired) electrons. The quantitative estimate of drug-likeness (QED) is 0.713. The van der Waals surface area contributed by atoms with Gasteiger partial charge in [0, 0.05) is 19.6 Å². The van der Waals surface area contributed by atoms with E-state index in [-0.39, 0.29) is 17.8 Å². The normalized spacial score (nSPS) is 32.1. The number of carbonyl (C=O) groups excluding carboxylic acids is 1. The average Bonchev–Trinajstić information content (AvgIpc) is 2.47. The van der Waals surface area contributed by atoms with Crippen LogP contribution >= 0.6 is 12.4 Å². The number of hydrogen-bond donors (Lipinski definition) is 1. The smallest absolute Gasteiger partial charge is 0.230 e. The van der Waals surface area contributed by atoms with Gasteiger partial charge in [-0.1, -0.05) is 0 Å². The topological polar surface area (TPSA) is 32.3 Å². The van der Waals surface area contributed by atoms with E-state index < -0.39 is 0 Å². The van der Waals surface area contributed by atoms with Crippen LogP contribution in [0.2, 0.25) is 0 Å². The monoisotopic (exact) mass is 218 g/mol. The summed E-state index contributed by atoms with van der Waals surface area (Å²) >= 11 is 0. The van der Waals surface area contributed by atoms with E-state index in [1.165, 1.54) is 0 Å². The summed E-state index contributed by atoms with van der Waals surface area (Å²) in [6, 6.07) is 0. The maximum Gasteiger partial charge on any atom is 0.230 e. The Balaban J connectivity index is 0.000000980. The van der Waals surface area contributed by atoms with E-state index in [1.807, 2.05) is 4.90 Å². The number of carbonyl (C=O) groups is 1. The summed E-state index contributed by atoms with van der Waals surface area (Å²) in [7, 11) is 0. The van der Waals surface area contributed by atoms with Gasteiger partial charge in [-0.3, -0.25) is 4.79 Å². The van der Waals surface area contributed by atoms with Gasteiger partial charge >= 0.3 is 0 Å². The van der Waals surface area contributed by atoms with Crippen molar-refractivity contribution in [3.8, 4) is 0 Å². The predicted molar refractivity (Wildman–Crippen MR) is 58.7 cm³/mol. The van der Waals surface area contributed by atoms with Crippen molar-refractivity contribution < 1.29 is 4.79 Å². The van der Waals surface area contributed by atoms with Crippen molar-refractivity contribution in [3.05, 3.63) is 0 Å². The molecular formula is C10H19ClN2O. The third-order valence-electron chi connectivity index (χ3n) is 3.46. The second-order valence-electron chi connectivity index (χ2n) is 4.20. The zero-order valence-electron chi connectivity index (χ0n) is 8.71. The number of nitrogens with zero attached hydrogens (tertiary/aromatic N) is 1. The molecule has 0 bridgehead atoms. The third-order valence-corrected chi connectivity index (χ3v) is 3.46. The molecule has 3 nitrogen and oxygen atoms in total. The molecule has 0 aliphatic carbocycles. The lowest BCUT2D eigenvalue weighted by Crippen LogP contribution is -2.45. The highest BCUT2D eigenvalue weighted by Crippen LogP contribution is 2.37. The number of hydrogen-bond acceptors (Lipinski definition) is 2. The van der Waals surface area contributed by atoms with Gasteiger partial charge in [0.15, 0.2) is 0 Å². The van der Waals surface area contributed by atoms with Crippen LogP contribution in [0, 0.1) is 5.41 Å². The molecule has 1 amide bonds. The van der Waals surface area contributed by atoms with E-state index in [0.29, 0.717) is 5.91 Å². The highest BCUT2D eigenvalue weighted by Gasteiger charge is 2.46. The first-order chi connectivity index (χ1) is 6.28. The van der Waals surface area contributed by atoms with Gasteiger partial charge < -0.3 is 10.2 Å². The first kappa shape index (κ1) is 11.8. The van der Waals surface area contributed by atoms with Gasteiger partial charge in [0.1, 0.15) is 0 Å². The Morgan fingerprint density at radius 3 is 2.79 bits per heavy atom. The lowest BCUT2D eigenvalue weighted by molar-refractivity contribution is -0.136. The van der Waals surface area contributed by atoms with Gasteiger partial charge in [-0.05, 0) is 32.7 Å². The number of piperidine rings is 1. The molecule has 82 valence electrons. The molecule has 0 aromatic heterocycles. The van der Waals surface area contributed by atoms with Gasteiger partial charge in [0.25, 0.3) is 0 Å². The van der Waals surface area contributed by atoms with E-state index in [0.717, 1.165) is 45.4 Å². The first-order valence-corrected chi connectivity index (χ1v) is 5.29. The third kappa shape index (κ3) is 1.75. The molecule has 2 fully saturated rings. The fraction of sp³-hybridized carbons (Fsp3) is 0.900. The SMILES string of the molecule is CCN1CCC2(CCCNC2)C1=O.Cl. The molecule has 2 saturated heterocycles. The van der Waals surface area contributed by atoms with Crippen molar-refractivity contribution in [3.63, 3.8) is 0 Å². The Hall–Kier alpha value is -0.280. The molecule has 14 heavy (non-hydrogen) atoms. The molecule has 2 aliphatic heterocycles. The van der Waals surface area contributed by atoms with Crippen LogP contribution in [0.5, 0.6) is 0 Å². The predicted octanol–water partition coefficient (Wildman–Crippen LogP) is 1.03. The summed E-state index contributed by atoms with van der Waals surface area (Å²) in [6.45, 7) is 5.90. The first-order valence-electron chi connectivity index (χ1n) is 5.29. The van der Waals surface area contributed by atoms with E-state index in [4.69, 9.17) is 0 Å². The Morgan fingerprint density at radius 1 is 1.50 bits per heavy atom. The fourth-order valence-corrected chi connectivity index (χ4v) is 2.56. The zero-order valence-corrected chi connectivity index (χ0v) is 9.53. The molecule has 4 heteroatoms. The molecular weight excluding hydrogens is 200 g/mol. The number of halogens is 1. The molecule has 0 aromatic carbocycles. The van der Waals surface area contributed by atoms with E-state index >= 15 is 0 Å². The minimum atomic E-state index is -0.0196. The largest absolute Gasteiger partial charge is 0.342 e. The van der Waals surface area contributed by atoms with Gasteiger partial charge in [0.05, 0.1) is 5.41 Å². The fourth-order valence-electron chi connectivity index (χ4n) is 2.56. The minimum Gasteiger partial charge on any atom is -0.342 e. The highest BCUT2D eigenvalue weighted by atomic mass is 35.5. The second-order valence-corrected chi connectivity index (χ2v) is 4.20. The van der Waals surface area contributed by atoms with Crippen molar-refractivity contribution in [2.75, 3.05) is 26.2 Å². The standard InChI is InChI=1S/C10H18N2O.ClH/c1-2-12-7-5-10(9(12)13)4-3-6-11-8-10;/h11H,2-8H2,1H3;1H. The average molecular weight is 219 g/mol. The highest BCUT2D eigenvalue weighted by molar-refractivity contribution is 5.85. The number of amides is 1. The molecule has 1 N–H and O–H groups in total. The number of nitrogens with one attached hydrogen (secondary N) is 1. The van der Waals surface area contributed by atoms with Crippen LogP contribution in [0.1, 0.15) is 26.2 Å². The summed E-state index contributed by atoms with van der Waals surface area (Å²) in [5, 5.41) is 3.35. The van der Waals surface area contributed by atoms with Crippen LogP contribution in [0.25, 0.3) is 0 Å². The molecule has 0 saturated carbocycles. The molecule has 2 rings (SSSR count). The molecule has 1 atom stereocenters. The van der Waals surface area contributed by atoms with Crippen LogP contribution in [0.15, 0.2) is 0 Å². The van der Waals surface area contributed by atoms with Crippen LogP contribution < -0.4 is 5.32 Å². The van der Waals surface area contributed by atoms with E-state index in [2.05, 4.69) is 12.2 Å². The van der Waals surface area contributed by atoms with Crippen LogP contribution in [0.4, 0.5) is 0 Å². The summed E-state index contributed by atoms with van der Waals surface area (Å²) < 4.78 is 0. The van der Waals surface area contributed by atoms with Crippen molar-refractivity contribution >= 4 is 18.3 Å². The van der Waals surface area contributed by atoms with Crippen LogP contribution in [-0.4, -0.2) is 37.0 Å². The summed E-state index contributed by atoms with van der Waals surface area (Å²) in [4.78, 5) is 14.0. The van der Waals surface area contributed by atoms with Crippen molar-refractivity contribution in [1.29, 1.82) is 0 Å². The van der Waals surface area contributed by atoms with Crippen LogP contribution in [-0.2, 0) is 4.79 Å². The summed E-state index contributed by atoms with van der Waals surface area (Å²) in [5.41, 5.74) is -0.0196. The minimum absolute atomic E-state index is 0. The number of likely N-dealkylation sites (tertiary alicyclic amines) is 1. The summed E-state index contributed by atoms with van der Waals surface area (Å²) in [5.74, 6) is 0.391. The molecule has 1 spiro atoms. The zero-order chi connectivity index (χ0) is 9.31. The second kappa shape index (κ2) is 4.49. The lowest BCUT2D eigenvalue weighted by atomic mass is 9.79. The van der Waals surface area contributed by atoms with E-state index in [9.17, 15) is 4.79 Å². The molecule has 0 aromatic rings. The lowest BCUT2D eigenvalue weighted by Gasteiger charge is -2.31.